The van der Waals surface area contributed by atoms with E-state index in [1.807, 2.05) is 31.2 Å². The molecule has 0 aliphatic carbocycles. The molecule has 0 amide bonds. The second-order valence-corrected chi connectivity index (χ2v) is 5.34. The first-order chi connectivity index (χ1) is 9.97. The lowest BCUT2D eigenvalue weighted by atomic mass is 10.1. The van der Waals surface area contributed by atoms with Crippen molar-refractivity contribution in [1.82, 2.24) is 4.98 Å². The zero-order chi connectivity index (χ0) is 15.4. The number of fused-ring (bicyclic) bond motifs is 1. The Labute approximate surface area is 122 Å². The van der Waals surface area contributed by atoms with Crippen LogP contribution in [0.15, 0.2) is 24.3 Å². The molecule has 112 valence electrons. The second-order valence-electron chi connectivity index (χ2n) is 5.34. The van der Waals surface area contributed by atoms with E-state index in [1.54, 1.807) is 6.92 Å². The van der Waals surface area contributed by atoms with Crippen LogP contribution < -0.4 is 0 Å². The smallest absolute Gasteiger partial charge is 0.310 e. The molecule has 0 fully saturated rings. The summed E-state index contributed by atoms with van der Waals surface area (Å²) in [5.41, 5.74) is 2.88. The minimum absolute atomic E-state index is 0.000602. The van der Waals surface area contributed by atoms with E-state index in [1.165, 1.54) is 0 Å². The molecule has 1 unspecified atom stereocenters. The molecule has 21 heavy (non-hydrogen) atoms. The van der Waals surface area contributed by atoms with Gasteiger partial charge in [-0.25, -0.2) is 0 Å². The number of H-pyrrole nitrogens is 1. The van der Waals surface area contributed by atoms with Gasteiger partial charge in [-0.05, 0) is 18.6 Å². The van der Waals surface area contributed by atoms with Gasteiger partial charge >= 0.3 is 11.9 Å². The van der Waals surface area contributed by atoms with E-state index in [0.717, 1.165) is 22.2 Å². The molecule has 5 nitrogen and oxygen atoms in total. The number of rotatable bonds is 6. The number of hydrogen-bond acceptors (Lipinski definition) is 3. The van der Waals surface area contributed by atoms with Crippen LogP contribution in [0.2, 0.25) is 0 Å². The molecule has 0 radical (unpaired) electrons. The first kappa shape index (κ1) is 15.1. The fraction of sp³-hybridized carbons (Fsp3) is 0.375. The lowest BCUT2D eigenvalue weighted by Gasteiger charge is -2.10. The number of aliphatic carboxylic acids is 1. The SMILES string of the molecule is Cc1[nH]c2ccccc2c1CC(=O)OCC(C)CC(=O)O. The van der Waals surface area contributed by atoms with Gasteiger partial charge in [-0.2, -0.15) is 0 Å². The molecule has 1 aromatic carbocycles. The Kier molecular flexibility index (Phi) is 4.62. The number of carboxylic acid groups (broad SMARTS) is 1. The van der Waals surface area contributed by atoms with Crippen molar-refractivity contribution in [2.45, 2.75) is 26.7 Å². The van der Waals surface area contributed by atoms with Crippen LogP contribution in [-0.4, -0.2) is 28.6 Å². The highest BCUT2D eigenvalue weighted by molar-refractivity contribution is 5.88. The third kappa shape index (κ3) is 3.84. The van der Waals surface area contributed by atoms with E-state index >= 15 is 0 Å². The van der Waals surface area contributed by atoms with Crippen LogP contribution >= 0.6 is 0 Å². The Bertz CT molecular complexity index is 659. The number of aromatic amines is 1. The van der Waals surface area contributed by atoms with Crippen molar-refractivity contribution in [2.75, 3.05) is 6.61 Å². The van der Waals surface area contributed by atoms with Crippen molar-refractivity contribution in [3.8, 4) is 0 Å². The molecule has 0 spiro atoms. The van der Waals surface area contributed by atoms with E-state index in [2.05, 4.69) is 4.98 Å². The predicted molar refractivity (Wildman–Crippen MR) is 79.1 cm³/mol. The fourth-order valence-corrected chi connectivity index (χ4v) is 2.35. The summed E-state index contributed by atoms with van der Waals surface area (Å²) in [5.74, 6) is -1.40. The summed E-state index contributed by atoms with van der Waals surface area (Å²) in [6.07, 6.45) is 0.190. The van der Waals surface area contributed by atoms with Crippen molar-refractivity contribution >= 4 is 22.8 Å². The minimum atomic E-state index is -0.883. The molecule has 1 atom stereocenters. The highest BCUT2D eigenvalue weighted by atomic mass is 16.5. The van der Waals surface area contributed by atoms with Crippen molar-refractivity contribution in [3.05, 3.63) is 35.5 Å². The standard InChI is InChI=1S/C16H19NO4/c1-10(7-15(18)19)9-21-16(20)8-13-11(2)17-14-6-4-3-5-12(13)14/h3-6,10,17H,7-9H2,1-2H3,(H,18,19). The van der Waals surface area contributed by atoms with E-state index < -0.39 is 5.97 Å². The lowest BCUT2D eigenvalue weighted by Crippen LogP contribution is -2.16. The quantitative estimate of drug-likeness (QED) is 0.801. The van der Waals surface area contributed by atoms with Crippen LogP contribution in [-0.2, 0) is 20.7 Å². The maximum atomic E-state index is 11.9. The van der Waals surface area contributed by atoms with Gasteiger partial charge in [-0.1, -0.05) is 25.1 Å². The number of nitrogens with one attached hydrogen (secondary N) is 1. The van der Waals surface area contributed by atoms with Gasteiger partial charge in [0.1, 0.15) is 0 Å². The molecule has 2 aromatic rings. The Morgan fingerprint density at radius 1 is 1.33 bits per heavy atom. The predicted octanol–water partition coefficient (Wildman–Crippen LogP) is 2.67. The summed E-state index contributed by atoms with van der Waals surface area (Å²) in [6, 6.07) is 7.80. The molecule has 0 saturated heterocycles. The van der Waals surface area contributed by atoms with Crippen LogP contribution in [0, 0.1) is 12.8 Å². The van der Waals surface area contributed by atoms with Gasteiger partial charge in [0.2, 0.25) is 0 Å². The Morgan fingerprint density at radius 2 is 2.05 bits per heavy atom. The molecule has 0 aliphatic rings. The number of ether oxygens (including phenoxy) is 1. The van der Waals surface area contributed by atoms with Crippen LogP contribution in [0.25, 0.3) is 10.9 Å². The molecule has 2 N–H and O–H groups in total. The summed E-state index contributed by atoms with van der Waals surface area (Å²) in [5, 5.41) is 9.69. The van der Waals surface area contributed by atoms with Crippen molar-refractivity contribution < 1.29 is 19.4 Å². The average Bonchev–Trinajstić information content (AvgIpc) is 2.72. The molecule has 0 bridgehead atoms. The summed E-state index contributed by atoms with van der Waals surface area (Å²) >= 11 is 0. The maximum absolute atomic E-state index is 11.9. The van der Waals surface area contributed by atoms with Gasteiger partial charge in [-0.3, -0.25) is 9.59 Å². The molecule has 0 aliphatic heterocycles. The molecular formula is C16H19NO4. The summed E-state index contributed by atoms with van der Waals surface area (Å²) < 4.78 is 5.17. The molecule has 0 saturated carbocycles. The van der Waals surface area contributed by atoms with Crippen LogP contribution in [0.3, 0.4) is 0 Å². The van der Waals surface area contributed by atoms with Crippen LogP contribution in [0.1, 0.15) is 24.6 Å². The number of aromatic nitrogens is 1. The van der Waals surface area contributed by atoms with E-state index in [0.29, 0.717) is 0 Å². The van der Waals surface area contributed by atoms with E-state index in [4.69, 9.17) is 9.84 Å². The van der Waals surface area contributed by atoms with Gasteiger partial charge in [0.25, 0.3) is 0 Å². The third-order valence-corrected chi connectivity index (χ3v) is 3.40. The van der Waals surface area contributed by atoms with Crippen molar-refractivity contribution in [1.29, 1.82) is 0 Å². The van der Waals surface area contributed by atoms with Gasteiger partial charge in [0, 0.05) is 22.5 Å². The number of carboxylic acids is 1. The molecule has 2 rings (SSSR count). The number of carbonyl (C=O) groups is 2. The zero-order valence-electron chi connectivity index (χ0n) is 12.2. The molecule has 5 heteroatoms. The van der Waals surface area contributed by atoms with Crippen LogP contribution in [0.5, 0.6) is 0 Å². The third-order valence-electron chi connectivity index (χ3n) is 3.40. The molecular weight excluding hydrogens is 270 g/mol. The number of benzene rings is 1. The zero-order valence-corrected chi connectivity index (χ0v) is 12.2. The summed E-state index contributed by atoms with van der Waals surface area (Å²) in [7, 11) is 0. The number of hydrogen-bond donors (Lipinski definition) is 2. The van der Waals surface area contributed by atoms with Crippen molar-refractivity contribution in [2.24, 2.45) is 5.92 Å². The van der Waals surface area contributed by atoms with E-state index in [-0.39, 0.29) is 31.3 Å². The number of para-hydroxylation sites is 1. The molecule has 1 aromatic heterocycles. The lowest BCUT2D eigenvalue weighted by molar-refractivity contribution is -0.146. The normalized spacial score (nSPS) is 12.3. The van der Waals surface area contributed by atoms with Crippen molar-refractivity contribution in [3.63, 3.8) is 0 Å². The van der Waals surface area contributed by atoms with Gasteiger partial charge in [0.05, 0.1) is 19.4 Å². The fourth-order valence-electron chi connectivity index (χ4n) is 2.35. The van der Waals surface area contributed by atoms with Gasteiger partial charge in [-0.15, -0.1) is 0 Å². The summed E-state index contributed by atoms with van der Waals surface area (Å²) in [6.45, 7) is 3.81. The summed E-state index contributed by atoms with van der Waals surface area (Å²) in [4.78, 5) is 25.7. The Hall–Kier alpha value is -2.30. The Morgan fingerprint density at radius 3 is 2.76 bits per heavy atom. The van der Waals surface area contributed by atoms with Gasteiger partial charge < -0.3 is 14.8 Å². The first-order valence-electron chi connectivity index (χ1n) is 6.91. The average molecular weight is 289 g/mol. The highest BCUT2D eigenvalue weighted by Gasteiger charge is 2.15. The number of carbonyl (C=O) groups excluding carboxylic acids is 1. The first-order valence-corrected chi connectivity index (χ1v) is 6.91. The highest BCUT2D eigenvalue weighted by Crippen LogP contribution is 2.22. The van der Waals surface area contributed by atoms with E-state index in [9.17, 15) is 9.59 Å². The van der Waals surface area contributed by atoms with Gasteiger partial charge in [0.15, 0.2) is 0 Å². The molecule has 1 heterocycles. The minimum Gasteiger partial charge on any atom is -0.481 e. The largest absolute Gasteiger partial charge is 0.481 e. The number of aryl methyl sites for hydroxylation is 1. The second kappa shape index (κ2) is 6.43. The number of esters is 1. The monoisotopic (exact) mass is 289 g/mol. The maximum Gasteiger partial charge on any atom is 0.310 e. The topological polar surface area (TPSA) is 79.4 Å². The van der Waals surface area contributed by atoms with Crippen LogP contribution in [0.4, 0.5) is 0 Å². The Balaban J connectivity index is 1.98.